The predicted octanol–water partition coefficient (Wildman–Crippen LogP) is 7.05. The fourth-order valence-corrected chi connectivity index (χ4v) is 3.69. The number of aliphatic hydroxyl groups is 2. The van der Waals surface area contributed by atoms with Crippen molar-refractivity contribution in [1.29, 1.82) is 0 Å². The van der Waals surface area contributed by atoms with Gasteiger partial charge in [-0.3, -0.25) is 5.32 Å². The van der Waals surface area contributed by atoms with E-state index in [4.69, 9.17) is 0 Å². The van der Waals surface area contributed by atoms with Gasteiger partial charge < -0.3 is 10.2 Å². The molecule has 0 aromatic heterocycles. The molecule has 3 heteroatoms. The Hall–Kier alpha value is -0.120. The van der Waals surface area contributed by atoms with Crippen LogP contribution in [-0.2, 0) is 0 Å². The van der Waals surface area contributed by atoms with E-state index in [0.717, 1.165) is 25.7 Å². The molecule has 3 nitrogen and oxygen atoms in total. The molecule has 3 N–H and O–H groups in total. The molecule has 0 aliphatic heterocycles. The van der Waals surface area contributed by atoms with Gasteiger partial charge in [0.1, 0.15) is 12.5 Å². The van der Waals surface area contributed by atoms with Crippen molar-refractivity contribution in [2.75, 3.05) is 0 Å². The predicted molar refractivity (Wildman–Crippen MR) is 119 cm³/mol. The Morgan fingerprint density at radius 1 is 0.444 bits per heavy atom. The maximum Gasteiger partial charge on any atom is 0.106 e. The summed E-state index contributed by atoms with van der Waals surface area (Å²) in [4.78, 5) is 0. The molecule has 0 aromatic rings. The fourth-order valence-electron chi connectivity index (χ4n) is 3.69. The second-order valence-corrected chi connectivity index (χ2v) is 8.43. The Bertz CT molecular complexity index is 247. The van der Waals surface area contributed by atoms with Gasteiger partial charge in [-0.2, -0.15) is 0 Å². The van der Waals surface area contributed by atoms with Crippen LogP contribution >= 0.6 is 0 Å². The van der Waals surface area contributed by atoms with Gasteiger partial charge in [-0.05, 0) is 25.7 Å². The summed E-state index contributed by atoms with van der Waals surface area (Å²) in [6, 6.07) is 0. The smallest absolute Gasteiger partial charge is 0.106 e. The lowest BCUT2D eigenvalue weighted by Gasteiger charge is -2.18. The van der Waals surface area contributed by atoms with E-state index in [1.54, 1.807) is 0 Å². The summed E-state index contributed by atoms with van der Waals surface area (Å²) in [6.45, 7) is 4.51. The van der Waals surface area contributed by atoms with Crippen molar-refractivity contribution in [3.63, 3.8) is 0 Å². The van der Waals surface area contributed by atoms with Crippen LogP contribution in [0, 0.1) is 0 Å². The zero-order valence-corrected chi connectivity index (χ0v) is 18.7. The van der Waals surface area contributed by atoms with Crippen LogP contribution in [0.3, 0.4) is 0 Å². The minimum atomic E-state index is -0.553. The third kappa shape index (κ3) is 22.0. The number of aliphatic hydroxyl groups excluding tert-OH is 2. The molecule has 2 unspecified atom stereocenters. The zero-order valence-electron chi connectivity index (χ0n) is 18.7. The molecule has 0 heterocycles. The SMILES string of the molecule is CCCCCCCCCCCC(O)NC(O)CCCCCCCCCCC. The van der Waals surface area contributed by atoms with Crippen molar-refractivity contribution in [2.45, 2.75) is 155 Å². The number of unbranched alkanes of at least 4 members (excludes halogenated alkanes) is 16. The molecule has 0 aliphatic carbocycles. The van der Waals surface area contributed by atoms with Gasteiger partial charge >= 0.3 is 0 Å². The Labute approximate surface area is 170 Å². The van der Waals surface area contributed by atoms with Crippen LogP contribution in [-0.4, -0.2) is 22.7 Å². The molecule has 164 valence electrons. The Morgan fingerprint density at radius 2 is 0.704 bits per heavy atom. The quantitative estimate of drug-likeness (QED) is 0.138. The average Bonchev–Trinajstić information content (AvgIpc) is 2.65. The second kappa shape index (κ2) is 22.2. The number of hydrogen-bond donors (Lipinski definition) is 3. The van der Waals surface area contributed by atoms with Crippen molar-refractivity contribution >= 4 is 0 Å². The Balaban J connectivity index is 3.30. The van der Waals surface area contributed by atoms with Crippen molar-refractivity contribution in [2.24, 2.45) is 0 Å². The van der Waals surface area contributed by atoms with E-state index in [9.17, 15) is 10.2 Å². The summed E-state index contributed by atoms with van der Waals surface area (Å²) >= 11 is 0. The first-order valence-corrected chi connectivity index (χ1v) is 12.3. The highest BCUT2D eigenvalue weighted by molar-refractivity contribution is 4.59. The van der Waals surface area contributed by atoms with Crippen LogP contribution in [0.5, 0.6) is 0 Å². The van der Waals surface area contributed by atoms with Crippen molar-refractivity contribution in [3.05, 3.63) is 0 Å². The van der Waals surface area contributed by atoms with Gasteiger partial charge in [0.2, 0.25) is 0 Å². The summed E-state index contributed by atoms with van der Waals surface area (Å²) in [5.41, 5.74) is 0. The van der Waals surface area contributed by atoms with E-state index in [1.165, 1.54) is 103 Å². The summed E-state index contributed by atoms with van der Waals surface area (Å²) < 4.78 is 0. The monoisotopic (exact) mass is 385 g/mol. The van der Waals surface area contributed by atoms with Gasteiger partial charge in [0.05, 0.1) is 0 Å². The molecule has 0 spiro atoms. The Morgan fingerprint density at radius 3 is 1.00 bits per heavy atom. The van der Waals surface area contributed by atoms with Crippen LogP contribution in [0.2, 0.25) is 0 Å². The van der Waals surface area contributed by atoms with Gasteiger partial charge in [-0.25, -0.2) is 0 Å². The van der Waals surface area contributed by atoms with E-state index in [2.05, 4.69) is 19.2 Å². The lowest BCUT2D eigenvalue weighted by atomic mass is 10.1. The van der Waals surface area contributed by atoms with Gasteiger partial charge in [-0.15, -0.1) is 0 Å². The van der Waals surface area contributed by atoms with Crippen molar-refractivity contribution < 1.29 is 10.2 Å². The van der Waals surface area contributed by atoms with E-state index in [1.807, 2.05) is 0 Å². The molecule has 0 saturated heterocycles. The third-order valence-electron chi connectivity index (χ3n) is 5.55. The number of nitrogens with one attached hydrogen (secondary N) is 1. The largest absolute Gasteiger partial charge is 0.379 e. The maximum atomic E-state index is 9.99. The highest BCUT2D eigenvalue weighted by Crippen LogP contribution is 2.13. The molecule has 0 bridgehead atoms. The lowest BCUT2D eigenvalue weighted by molar-refractivity contribution is 0.0310. The number of rotatable bonds is 22. The van der Waals surface area contributed by atoms with Crippen LogP contribution in [0.25, 0.3) is 0 Å². The highest BCUT2D eigenvalue weighted by atomic mass is 16.3. The van der Waals surface area contributed by atoms with Gasteiger partial charge in [0, 0.05) is 0 Å². The van der Waals surface area contributed by atoms with Crippen molar-refractivity contribution in [1.82, 2.24) is 5.32 Å². The lowest BCUT2D eigenvalue weighted by Crippen LogP contribution is -2.38. The molecule has 0 fully saturated rings. The molecule has 0 aromatic carbocycles. The molecule has 0 saturated carbocycles. The first kappa shape index (κ1) is 26.9. The molecule has 0 aliphatic rings. The minimum absolute atomic E-state index is 0.553. The molecule has 27 heavy (non-hydrogen) atoms. The van der Waals surface area contributed by atoms with Crippen LogP contribution in [0.4, 0.5) is 0 Å². The topological polar surface area (TPSA) is 52.5 Å². The van der Waals surface area contributed by atoms with Gasteiger partial charge in [0.15, 0.2) is 0 Å². The van der Waals surface area contributed by atoms with Crippen LogP contribution in [0.15, 0.2) is 0 Å². The summed E-state index contributed by atoms with van der Waals surface area (Å²) in [5.74, 6) is 0. The molecule has 0 amide bonds. The van der Waals surface area contributed by atoms with Crippen LogP contribution in [0.1, 0.15) is 142 Å². The maximum absolute atomic E-state index is 9.99. The molecular formula is C24H51NO2. The second-order valence-electron chi connectivity index (χ2n) is 8.43. The standard InChI is InChI=1S/C24H51NO2/c1-3-5-7-9-11-13-15-17-19-21-23(26)25-24(27)22-20-18-16-14-12-10-8-6-4-2/h23-27H,3-22H2,1-2H3. The minimum Gasteiger partial charge on any atom is -0.379 e. The van der Waals surface area contributed by atoms with Gasteiger partial charge in [-0.1, -0.05) is 117 Å². The van der Waals surface area contributed by atoms with Gasteiger partial charge in [0.25, 0.3) is 0 Å². The normalized spacial score (nSPS) is 13.8. The van der Waals surface area contributed by atoms with E-state index in [-0.39, 0.29) is 0 Å². The first-order chi connectivity index (χ1) is 13.2. The summed E-state index contributed by atoms with van der Waals surface area (Å²) in [6.07, 6.45) is 23.7. The zero-order chi connectivity index (χ0) is 20.0. The first-order valence-electron chi connectivity index (χ1n) is 12.3. The molecular weight excluding hydrogens is 334 g/mol. The summed E-state index contributed by atoms with van der Waals surface area (Å²) in [5, 5.41) is 22.9. The van der Waals surface area contributed by atoms with E-state index >= 15 is 0 Å². The summed E-state index contributed by atoms with van der Waals surface area (Å²) in [7, 11) is 0. The average molecular weight is 386 g/mol. The Kier molecular flexibility index (Phi) is 22.1. The molecule has 0 rings (SSSR count). The van der Waals surface area contributed by atoms with E-state index in [0.29, 0.717) is 0 Å². The molecule has 0 radical (unpaired) electrons. The fraction of sp³-hybridized carbons (Fsp3) is 1.00. The third-order valence-corrected chi connectivity index (χ3v) is 5.55. The molecule has 2 atom stereocenters. The van der Waals surface area contributed by atoms with E-state index < -0.39 is 12.5 Å². The van der Waals surface area contributed by atoms with Crippen molar-refractivity contribution in [3.8, 4) is 0 Å². The highest BCUT2D eigenvalue weighted by Gasteiger charge is 2.09. The van der Waals surface area contributed by atoms with Crippen LogP contribution < -0.4 is 5.32 Å². The number of hydrogen-bond acceptors (Lipinski definition) is 3.